The summed E-state index contributed by atoms with van der Waals surface area (Å²) in [6.07, 6.45) is 4.59. The van der Waals surface area contributed by atoms with Gasteiger partial charge < -0.3 is 4.98 Å². The van der Waals surface area contributed by atoms with Crippen LogP contribution >= 0.6 is 0 Å². The van der Waals surface area contributed by atoms with Gasteiger partial charge in [0.15, 0.2) is 0 Å². The lowest BCUT2D eigenvalue weighted by molar-refractivity contribution is 1.17. The van der Waals surface area contributed by atoms with Crippen LogP contribution in [0.5, 0.6) is 0 Å². The van der Waals surface area contributed by atoms with Crippen molar-refractivity contribution < 1.29 is 0 Å². The van der Waals surface area contributed by atoms with E-state index < -0.39 is 0 Å². The van der Waals surface area contributed by atoms with Crippen LogP contribution in [0.4, 0.5) is 0 Å². The van der Waals surface area contributed by atoms with Crippen LogP contribution in [0.25, 0.3) is 21.9 Å². The van der Waals surface area contributed by atoms with Gasteiger partial charge in [-0.2, -0.15) is 0 Å². The summed E-state index contributed by atoms with van der Waals surface area (Å²) in [7, 11) is 0. The number of rotatable bonds is 0. The van der Waals surface area contributed by atoms with Gasteiger partial charge in [0.05, 0.1) is 28.3 Å². The summed E-state index contributed by atoms with van der Waals surface area (Å²) in [5, 5.41) is 0.533. The Bertz CT molecular complexity index is 704. The van der Waals surface area contributed by atoms with Crippen LogP contribution in [0.1, 0.15) is 0 Å². The Morgan fingerprint density at radius 1 is 0.933 bits per heavy atom. The molecule has 0 aliphatic rings. The lowest BCUT2D eigenvalue weighted by atomic mass is 10.2. The quantitative estimate of drug-likeness (QED) is 0.544. The normalized spacial score (nSPS) is 10.9. The van der Waals surface area contributed by atoms with E-state index in [9.17, 15) is 4.79 Å². The molecule has 5 nitrogen and oxygen atoms in total. The van der Waals surface area contributed by atoms with Gasteiger partial charge in [0.2, 0.25) is 0 Å². The fourth-order valence-corrected chi connectivity index (χ4v) is 1.53. The predicted molar refractivity (Wildman–Crippen MR) is 55.5 cm³/mol. The van der Waals surface area contributed by atoms with Crippen molar-refractivity contribution in [3.05, 3.63) is 41.2 Å². The van der Waals surface area contributed by atoms with E-state index in [0.29, 0.717) is 16.4 Å². The average molecular weight is 198 g/mol. The number of H-pyrrole nitrogens is 1. The standard InChI is InChI=1S/C10H6N4O/c15-10-6-3-8-9(12-2-1-11-8)4-7(6)13-5-14-10/h1-5H,(H,13,14,15). The molecule has 0 unspecified atom stereocenters. The smallest absolute Gasteiger partial charge is 0.258 e. The highest BCUT2D eigenvalue weighted by Crippen LogP contribution is 2.14. The summed E-state index contributed by atoms with van der Waals surface area (Å²) < 4.78 is 0. The third-order valence-electron chi connectivity index (χ3n) is 2.23. The number of hydrogen-bond acceptors (Lipinski definition) is 4. The van der Waals surface area contributed by atoms with Crippen molar-refractivity contribution in [3.8, 4) is 0 Å². The minimum atomic E-state index is -0.160. The second kappa shape index (κ2) is 2.84. The molecule has 0 bridgehead atoms. The van der Waals surface area contributed by atoms with E-state index >= 15 is 0 Å². The van der Waals surface area contributed by atoms with Gasteiger partial charge in [-0.05, 0) is 12.1 Å². The molecule has 2 aromatic heterocycles. The average Bonchev–Trinajstić information content (AvgIpc) is 2.27. The Kier molecular flexibility index (Phi) is 1.53. The Hall–Kier alpha value is -2.30. The summed E-state index contributed by atoms with van der Waals surface area (Å²) in [5.41, 5.74) is 1.91. The SMILES string of the molecule is O=c1[nH]cnc2cc3nccnc3cc12. The van der Waals surface area contributed by atoms with Crippen LogP contribution in [0.3, 0.4) is 0 Å². The van der Waals surface area contributed by atoms with Crippen LogP contribution in [0, 0.1) is 0 Å². The van der Waals surface area contributed by atoms with Crippen molar-refractivity contribution in [1.82, 2.24) is 19.9 Å². The Morgan fingerprint density at radius 2 is 1.67 bits per heavy atom. The van der Waals surface area contributed by atoms with Crippen LogP contribution in [0.15, 0.2) is 35.6 Å². The zero-order valence-corrected chi connectivity index (χ0v) is 7.64. The first-order chi connectivity index (χ1) is 7.34. The van der Waals surface area contributed by atoms with Crippen LogP contribution in [-0.4, -0.2) is 19.9 Å². The molecule has 0 aliphatic heterocycles. The van der Waals surface area contributed by atoms with E-state index in [1.165, 1.54) is 6.33 Å². The maximum absolute atomic E-state index is 11.5. The Morgan fingerprint density at radius 3 is 2.47 bits per heavy atom. The third-order valence-corrected chi connectivity index (χ3v) is 2.23. The van der Waals surface area contributed by atoms with Gasteiger partial charge in [0.1, 0.15) is 0 Å². The zero-order chi connectivity index (χ0) is 10.3. The first kappa shape index (κ1) is 8.05. The molecule has 0 amide bonds. The summed E-state index contributed by atoms with van der Waals surface area (Å²) in [6.45, 7) is 0. The van der Waals surface area contributed by atoms with E-state index in [0.717, 1.165) is 5.52 Å². The molecule has 0 radical (unpaired) electrons. The molecule has 0 aliphatic carbocycles. The van der Waals surface area contributed by atoms with Crippen LogP contribution < -0.4 is 5.56 Å². The number of fused-ring (bicyclic) bond motifs is 2. The molecule has 3 aromatic rings. The molecule has 0 fully saturated rings. The van der Waals surface area contributed by atoms with Gasteiger partial charge >= 0.3 is 0 Å². The molecule has 0 saturated heterocycles. The number of hydrogen-bond donors (Lipinski definition) is 1. The van der Waals surface area contributed by atoms with Crippen molar-refractivity contribution >= 4 is 21.9 Å². The van der Waals surface area contributed by atoms with E-state index in [-0.39, 0.29) is 5.56 Å². The molecule has 2 heterocycles. The van der Waals surface area contributed by atoms with Gasteiger partial charge in [-0.3, -0.25) is 14.8 Å². The van der Waals surface area contributed by atoms with Crippen LogP contribution in [-0.2, 0) is 0 Å². The number of aromatic amines is 1. The highest BCUT2D eigenvalue weighted by Gasteiger charge is 2.02. The molecule has 1 N–H and O–H groups in total. The Labute approximate surface area is 83.8 Å². The monoisotopic (exact) mass is 198 g/mol. The molecule has 0 spiro atoms. The third kappa shape index (κ3) is 1.17. The predicted octanol–water partition coefficient (Wildman–Crippen LogP) is 0.866. The van der Waals surface area contributed by atoms with Crippen molar-refractivity contribution in [1.29, 1.82) is 0 Å². The minimum Gasteiger partial charge on any atom is -0.313 e. The topological polar surface area (TPSA) is 71.5 Å². The number of nitrogens with one attached hydrogen (secondary N) is 1. The molecular formula is C10H6N4O. The largest absolute Gasteiger partial charge is 0.313 e. The molecule has 3 rings (SSSR count). The van der Waals surface area contributed by atoms with Crippen molar-refractivity contribution in [2.75, 3.05) is 0 Å². The second-order valence-corrected chi connectivity index (χ2v) is 3.15. The molecule has 1 aromatic carbocycles. The maximum atomic E-state index is 11.5. The number of nitrogens with zero attached hydrogens (tertiary/aromatic N) is 3. The maximum Gasteiger partial charge on any atom is 0.258 e. The zero-order valence-electron chi connectivity index (χ0n) is 7.64. The summed E-state index contributed by atoms with van der Waals surface area (Å²) in [4.78, 5) is 26.3. The Balaban J connectivity index is 2.59. The van der Waals surface area contributed by atoms with Crippen molar-refractivity contribution in [3.63, 3.8) is 0 Å². The van der Waals surface area contributed by atoms with Crippen molar-refractivity contribution in [2.45, 2.75) is 0 Å². The highest BCUT2D eigenvalue weighted by molar-refractivity contribution is 5.91. The fourth-order valence-electron chi connectivity index (χ4n) is 1.53. The minimum absolute atomic E-state index is 0.160. The van der Waals surface area contributed by atoms with E-state index in [1.54, 1.807) is 24.5 Å². The molecule has 0 saturated carbocycles. The number of benzene rings is 1. The first-order valence-corrected chi connectivity index (χ1v) is 4.43. The highest BCUT2D eigenvalue weighted by atomic mass is 16.1. The van der Waals surface area contributed by atoms with E-state index in [1.807, 2.05) is 0 Å². The van der Waals surface area contributed by atoms with Crippen molar-refractivity contribution in [2.24, 2.45) is 0 Å². The molecule has 72 valence electrons. The van der Waals surface area contributed by atoms with Gasteiger partial charge in [-0.15, -0.1) is 0 Å². The van der Waals surface area contributed by atoms with Gasteiger partial charge in [0.25, 0.3) is 5.56 Å². The van der Waals surface area contributed by atoms with Crippen LogP contribution in [0.2, 0.25) is 0 Å². The van der Waals surface area contributed by atoms with Gasteiger partial charge in [0, 0.05) is 12.4 Å². The number of aromatic nitrogens is 4. The lowest BCUT2D eigenvalue weighted by Gasteiger charge is -1.98. The summed E-state index contributed by atoms with van der Waals surface area (Å²) in [5.74, 6) is 0. The fraction of sp³-hybridized carbons (Fsp3) is 0. The summed E-state index contributed by atoms with van der Waals surface area (Å²) in [6, 6.07) is 3.45. The van der Waals surface area contributed by atoms with E-state index in [2.05, 4.69) is 19.9 Å². The first-order valence-electron chi connectivity index (χ1n) is 4.43. The lowest BCUT2D eigenvalue weighted by Crippen LogP contribution is -2.06. The second-order valence-electron chi connectivity index (χ2n) is 3.15. The molecular weight excluding hydrogens is 192 g/mol. The van der Waals surface area contributed by atoms with E-state index in [4.69, 9.17) is 0 Å². The molecule has 15 heavy (non-hydrogen) atoms. The summed E-state index contributed by atoms with van der Waals surface area (Å²) >= 11 is 0. The molecule has 5 heteroatoms. The van der Waals surface area contributed by atoms with Gasteiger partial charge in [-0.25, -0.2) is 4.98 Å². The molecule has 0 atom stereocenters. The van der Waals surface area contributed by atoms with Gasteiger partial charge in [-0.1, -0.05) is 0 Å².